The second kappa shape index (κ2) is 9.26. The van der Waals surface area contributed by atoms with E-state index in [1.807, 2.05) is 31.2 Å². The maximum atomic E-state index is 12.4. The molecule has 2 N–H and O–H groups in total. The first kappa shape index (κ1) is 20.4. The number of amides is 2. The maximum Gasteiger partial charge on any atom is 0.265 e. The van der Waals surface area contributed by atoms with Crippen molar-refractivity contribution in [2.24, 2.45) is 0 Å². The molecule has 0 radical (unpaired) electrons. The normalized spacial score (nSPS) is 11.4. The van der Waals surface area contributed by atoms with E-state index in [2.05, 4.69) is 10.6 Å². The molecule has 3 rings (SSSR count). The molecule has 29 heavy (non-hydrogen) atoms. The standard InChI is InChI=1S/C23H21ClN2O3/c1-15-5-3-4-6-21(15)26-23(28)17-7-13-20(14-8-17)29-16(2)22(27)25-19-11-9-18(24)10-12-19/h3-14,16H,1-2H3,(H,25,27)(H,26,28). The molecule has 0 aliphatic rings. The summed E-state index contributed by atoms with van der Waals surface area (Å²) in [6.07, 6.45) is -0.711. The zero-order chi connectivity index (χ0) is 20.8. The predicted octanol–water partition coefficient (Wildman–Crippen LogP) is 5.31. The highest BCUT2D eigenvalue weighted by atomic mass is 35.5. The Hall–Kier alpha value is -3.31. The van der Waals surface area contributed by atoms with Crippen LogP contribution in [0, 0.1) is 6.92 Å². The fraction of sp³-hybridized carbons (Fsp3) is 0.130. The lowest BCUT2D eigenvalue weighted by atomic mass is 10.1. The molecule has 3 aromatic rings. The Kier molecular flexibility index (Phi) is 6.52. The highest BCUT2D eigenvalue weighted by Crippen LogP contribution is 2.18. The molecule has 0 heterocycles. The number of hydrogen-bond donors (Lipinski definition) is 2. The highest BCUT2D eigenvalue weighted by Gasteiger charge is 2.15. The van der Waals surface area contributed by atoms with Crippen LogP contribution in [0.25, 0.3) is 0 Å². The van der Waals surface area contributed by atoms with Crippen molar-refractivity contribution in [3.05, 3.63) is 88.9 Å². The number of aryl methyl sites for hydroxylation is 1. The molecule has 0 saturated heterocycles. The van der Waals surface area contributed by atoms with Gasteiger partial charge in [-0.1, -0.05) is 29.8 Å². The topological polar surface area (TPSA) is 67.4 Å². The summed E-state index contributed by atoms with van der Waals surface area (Å²) in [5, 5.41) is 6.24. The minimum atomic E-state index is -0.711. The number of carbonyl (C=O) groups is 2. The molecule has 1 atom stereocenters. The predicted molar refractivity (Wildman–Crippen MR) is 116 cm³/mol. The van der Waals surface area contributed by atoms with E-state index < -0.39 is 6.10 Å². The number of hydrogen-bond acceptors (Lipinski definition) is 3. The molecule has 2 amide bonds. The molecule has 0 aliphatic carbocycles. The van der Waals surface area contributed by atoms with Crippen LogP contribution in [0.3, 0.4) is 0 Å². The second-order valence-corrected chi connectivity index (χ2v) is 6.99. The Morgan fingerprint density at radius 2 is 1.55 bits per heavy atom. The maximum absolute atomic E-state index is 12.4. The summed E-state index contributed by atoms with van der Waals surface area (Å²) < 4.78 is 5.67. The number of nitrogens with one attached hydrogen (secondary N) is 2. The SMILES string of the molecule is Cc1ccccc1NC(=O)c1ccc(OC(C)C(=O)Nc2ccc(Cl)cc2)cc1. The minimum Gasteiger partial charge on any atom is -0.481 e. The molecule has 6 heteroatoms. The third kappa shape index (κ3) is 5.59. The largest absolute Gasteiger partial charge is 0.481 e. The van der Waals surface area contributed by atoms with Gasteiger partial charge in [-0.15, -0.1) is 0 Å². The first-order chi connectivity index (χ1) is 13.9. The molecule has 0 spiro atoms. The van der Waals surface area contributed by atoms with Gasteiger partial charge >= 0.3 is 0 Å². The quantitative estimate of drug-likeness (QED) is 0.581. The summed E-state index contributed by atoms with van der Waals surface area (Å²) in [5.41, 5.74) is 2.89. The van der Waals surface area contributed by atoms with Crippen LogP contribution in [-0.2, 0) is 4.79 Å². The van der Waals surface area contributed by atoms with Gasteiger partial charge in [-0.05, 0) is 74.0 Å². The van der Waals surface area contributed by atoms with Gasteiger partial charge in [0.15, 0.2) is 6.10 Å². The van der Waals surface area contributed by atoms with Crippen LogP contribution in [0.5, 0.6) is 5.75 Å². The number of ether oxygens (including phenoxy) is 1. The summed E-state index contributed by atoms with van der Waals surface area (Å²) in [6.45, 7) is 3.59. The Morgan fingerprint density at radius 1 is 0.897 bits per heavy atom. The number of benzene rings is 3. The van der Waals surface area contributed by atoms with E-state index in [1.54, 1.807) is 55.5 Å². The molecule has 0 aliphatic heterocycles. The highest BCUT2D eigenvalue weighted by molar-refractivity contribution is 6.30. The van der Waals surface area contributed by atoms with Gasteiger partial charge in [0.25, 0.3) is 11.8 Å². The minimum absolute atomic E-state index is 0.209. The molecular weight excluding hydrogens is 388 g/mol. The van der Waals surface area contributed by atoms with Crippen LogP contribution in [-0.4, -0.2) is 17.9 Å². The van der Waals surface area contributed by atoms with Crippen LogP contribution in [0.15, 0.2) is 72.8 Å². The Morgan fingerprint density at radius 3 is 2.21 bits per heavy atom. The van der Waals surface area contributed by atoms with Gasteiger partial charge in [0, 0.05) is 22.0 Å². The molecule has 0 bridgehead atoms. The zero-order valence-electron chi connectivity index (χ0n) is 16.1. The fourth-order valence-electron chi connectivity index (χ4n) is 2.63. The van der Waals surface area contributed by atoms with Crippen molar-refractivity contribution >= 4 is 34.8 Å². The van der Waals surface area contributed by atoms with Crippen molar-refractivity contribution in [1.29, 1.82) is 0 Å². The Labute approximate surface area is 174 Å². The first-order valence-corrected chi connectivity index (χ1v) is 9.50. The molecule has 148 valence electrons. The van der Waals surface area contributed by atoms with Crippen LogP contribution in [0.4, 0.5) is 11.4 Å². The van der Waals surface area contributed by atoms with E-state index in [0.717, 1.165) is 11.3 Å². The van der Waals surface area contributed by atoms with Gasteiger partial charge in [-0.2, -0.15) is 0 Å². The first-order valence-electron chi connectivity index (χ1n) is 9.12. The second-order valence-electron chi connectivity index (χ2n) is 6.55. The summed E-state index contributed by atoms with van der Waals surface area (Å²) in [6, 6.07) is 21.1. The van der Waals surface area contributed by atoms with Crippen LogP contribution in [0.2, 0.25) is 5.02 Å². The van der Waals surface area contributed by atoms with Crippen molar-refractivity contribution in [3.63, 3.8) is 0 Å². The lowest BCUT2D eigenvalue weighted by Crippen LogP contribution is -2.30. The fourth-order valence-corrected chi connectivity index (χ4v) is 2.75. The van der Waals surface area contributed by atoms with Gasteiger partial charge in [0.2, 0.25) is 0 Å². The van der Waals surface area contributed by atoms with Gasteiger partial charge in [-0.25, -0.2) is 0 Å². The van der Waals surface area contributed by atoms with Crippen molar-refractivity contribution in [1.82, 2.24) is 0 Å². The van der Waals surface area contributed by atoms with Crippen LogP contribution >= 0.6 is 11.6 Å². The third-order valence-corrected chi connectivity index (χ3v) is 4.56. The summed E-state index contributed by atoms with van der Waals surface area (Å²) in [4.78, 5) is 24.7. The van der Waals surface area contributed by atoms with E-state index in [0.29, 0.717) is 22.0 Å². The molecule has 3 aromatic carbocycles. The van der Waals surface area contributed by atoms with Crippen LogP contribution in [0.1, 0.15) is 22.8 Å². The van der Waals surface area contributed by atoms with Crippen molar-refractivity contribution in [2.45, 2.75) is 20.0 Å². The lowest BCUT2D eigenvalue weighted by Gasteiger charge is -2.15. The molecule has 0 fully saturated rings. The van der Waals surface area contributed by atoms with Crippen molar-refractivity contribution < 1.29 is 14.3 Å². The van der Waals surface area contributed by atoms with E-state index in [-0.39, 0.29) is 11.8 Å². The number of rotatable bonds is 6. The Bertz CT molecular complexity index is 1000. The monoisotopic (exact) mass is 408 g/mol. The summed E-state index contributed by atoms with van der Waals surface area (Å²) >= 11 is 5.84. The number of anilines is 2. The molecular formula is C23H21ClN2O3. The number of halogens is 1. The number of carbonyl (C=O) groups excluding carboxylic acids is 2. The average molecular weight is 409 g/mol. The van der Waals surface area contributed by atoms with Gasteiger partial charge in [0.05, 0.1) is 0 Å². The molecule has 5 nitrogen and oxygen atoms in total. The number of para-hydroxylation sites is 1. The summed E-state index contributed by atoms with van der Waals surface area (Å²) in [5.74, 6) is 0.00396. The lowest BCUT2D eigenvalue weighted by molar-refractivity contribution is -0.122. The smallest absolute Gasteiger partial charge is 0.265 e. The Balaban J connectivity index is 1.58. The summed E-state index contributed by atoms with van der Waals surface area (Å²) in [7, 11) is 0. The van der Waals surface area contributed by atoms with Crippen LogP contribution < -0.4 is 15.4 Å². The van der Waals surface area contributed by atoms with Crippen molar-refractivity contribution in [2.75, 3.05) is 10.6 Å². The van der Waals surface area contributed by atoms with Gasteiger partial charge in [0.1, 0.15) is 5.75 Å². The molecule has 0 saturated carbocycles. The zero-order valence-corrected chi connectivity index (χ0v) is 16.9. The van der Waals surface area contributed by atoms with Crippen molar-refractivity contribution in [3.8, 4) is 5.75 Å². The van der Waals surface area contributed by atoms with Gasteiger partial charge < -0.3 is 15.4 Å². The van der Waals surface area contributed by atoms with E-state index in [9.17, 15) is 9.59 Å². The van der Waals surface area contributed by atoms with E-state index in [4.69, 9.17) is 16.3 Å². The van der Waals surface area contributed by atoms with Gasteiger partial charge in [-0.3, -0.25) is 9.59 Å². The molecule has 0 aromatic heterocycles. The molecule has 1 unspecified atom stereocenters. The van der Waals surface area contributed by atoms with E-state index >= 15 is 0 Å². The average Bonchev–Trinajstić information content (AvgIpc) is 2.72. The third-order valence-electron chi connectivity index (χ3n) is 4.30. The van der Waals surface area contributed by atoms with E-state index in [1.165, 1.54) is 0 Å².